The number of fused-ring (bicyclic) bond motifs is 1. The Kier molecular flexibility index (Phi) is 4.67. The van der Waals surface area contributed by atoms with Crippen LogP contribution in [0.5, 0.6) is 0 Å². The van der Waals surface area contributed by atoms with Crippen molar-refractivity contribution in [3.8, 4) is 0 Å². The fourth-order valence-corrected chi connectivity index (χ4v) is 3.26. The highest BCUT2D eigenvalue weighted by Gasteiger charge is 2.25. The third kappa shape index (κ3) is 3.46. The van der Waals surface area contributed by atoms with Crippen LogP contribution < -0.4 is 15.8 Å². The van der Waals surface area contributed by atoms with E-state index in [4.69, 9.17) is 0 Å². The van der Waals surface area contributed by atoms with Gasteiger partial charge in [0.2, 0.25) is 0 Å². The maximum atomic E-state index is 12.9. The van der Waals surface area contributed by atoms with Gasteiger partial charge in [0.15, 0.2) is 0 Å². The van der Waals surface area contributed by atoms with Gasteiger partial charge in [-0.2, -0.15) is 0 Å². The first-order valence-corrected chi connectivity index (χ1v) is 8.82. The van der Waals surface area contributed by atoms with Gasteiger partial charge in [0.05, 0.1) is 17.4 Å². The molecule has 0 aromatic heterocycles. The Balaban J connectivity index is 1.56. The van der Waals surface area contributed by atoms with E-state index in [0.29, 0.717) is 13.0 Å². The molecule has 130 valence electrons. The predicted molar refractivity (Wildman–Crippen MR) is 104 cm³/mol. The summed E-state index contributed by atoms with van der Waals surface area (Å²) in [6, 6.07) is 27.7. The second-order valence-electron chi connectivity index (χ2n) is 6.39. The number of carbonyl (C=O) groups excluding carboxylic acids is 1. The van der Waals surface area contributed by atoms with Crippen LogP contribution in [0.15, 0.2) is 84.9 Å². The van der Waals surface area contributed by atoms with Gasteiger partial charge in [0.1, 0.15) is 0 Å². The number of nitrogens with zero attached hydrogens (tertiary/aromatic N) is 1. The van der Waals surface area contributed by atoms with Gasteiger partial charge >= 0.3 is 0 Å². The van der Waals surface area contributed by atoms with E-state index < -0.39 is 0 Å². The lowest BCUT2D eigenvalue weighted by molar-refractivity contribution is -0.123. The molecular formula is C22H21N3O. The van der Waals surface area contributed by atoms with Gasteiger partial charge < -0.3 is 5.32 Å². The second kappa shape index (κ2) is 7.42. The molecule has 1 unspecified atom stereocenters. The topological polar surface area (TPSA) is 44.4 Å². The van der Waals surface area contributed by atoms with Crippen molar-refractivity contribution in [1.29, 1.82) is 0 Å². The summed E-state index contributed by atoms with van der Waals surface area (Å²) in [5.74, 6) is -0.0350. The first kappa shape index (κ1) is 16.4. The number of anilines is 2. The number of hydrogen-bond donors (Lipinski definition) is 2. The Hall–Kier alpha value is -3.11. The van der Waals surface area contributed by atoms with Crippen LogP contribution in [0.3, 0.4) is 0 Å². The Morgan fingerprint density at radius 1 is 0.808 bits per heavy atom. The van der Waals surface area contributed by atoms with Crippen molar-refractivity contribution in [3.63, 3.8) is 0 Å². The van der Waals surface area contributed by atoms with E-state index in [1.165, 1.54) is 11.1 Å². The first-order valence-electron chi connectivity index (χ1n) is 8.82. The summed E-state index contributed by atoms with van der Waals surface area (Å²) in [5, 5.41) is 5.18. The molecule has 0 saturated heterocycles. The molecule has 4 heteroatoms. The maximum absolute atomic E-state index is 12.9. The van der Waals surface area contributed by atoms with Crippen LogP contribution in [0.4, 0.5) is 11.4 Å². The zero-order valence-electron chi connectivity index (χ0n) is 14.4. The number of hydrazine groups is 1. The molecule has 0 fully saturated rings. The van der Waals surface area contributed by atoms with Crippen molar-refractivity contribution >= 4 is 17.3 Å². The molecule has 0 aliphatic carbocycles. The average molecular weight is 343 g/mol. The average Bonchev–Trinajstić information content (AvgIpc) is 2.72. The Bertz CT molecular complexity index is 841. The van der Waals surface area contributed by atoms with Crippen LogP contribution in [0.25, 0.3) is 0 Å². The number of carbonyl (C=O) groups is 1. The molecule has 3 aromatic rings. The molecule has 2 N–H and O–H groups in total. The SMILES string of the molecule is O=C(NN(c1ccccc1)c1ccccc1)C1Cc2ccccc2CN1. The fourth-order valence-electron chi connectivity index (χ4n) is 3.26. The van der Waals surface area contributed by atoms with Crippen LogP contribution >= 0.6 is 0 Å². The molecule has 1 atom stereocenters. The summed E-state index contributed by atoms with van der Waals surface area (Å²) in [4.78, 5) is 12.9. The van der Waals surface area contributed by atoms with Crippen molar-refractivity contribution < 1.29 is 4.79 Å². The highest BCUT2D eigenvalue weighted by atomic mass is 16.2. The second-order valence-corrected chi connectivity index (χ2v) is 6.39. The minimum Gasteiger partial charge on any atom is -0.301 e. The number of rotatable bonds is 4. The first-order chi connectivity index (χ1) is 12.8. The molecule has 4 nitrogen and oxygen atoms in total. The lowest BCUT2D eigenvalue weighted by Gasteiger charge is -2.30. The van der Waals surface area contributed by atoms with Gasteiger partial charge in [-0.1, -0.05) is 60.7 Å². The Labute approximate surface area is 153 Å². The summed E-state index contributed by atoms with van der Waals surface area (Å²) < 4.78 is 0. The molecule has 0 saturated carbocycles. The Morgan fingerprint density at radius 2 is 1.35 bits per heavy atom. The summed E-state index contributed by atoms with van der Waals surface area (Å²) in [5.41, 5.74) is 7.42. The smallest absolute Gasteiger partial charge is 0.256 e. The van der Waals surface area contributed by atoms with E-state index in [1.54, 1.807) is 0 Å². The van der Waals surface area contributed by atoms with E-state index in [-0.39, 0.29) is 11.9 Å². The van der Waals surface area contributed by atoms with Crippen molar-refractivity contribution in [2.24, 2.45) is 0 Å². The van der Waals surface area contributed by atoms with Gasteiger partial charge in [0.25, 0.3) is 5.91 Å². The van der Waals surface area contributed by atoms with Gasteiger partial charge in [-0.05, 0) is 41.8 Å². The molecular weight excluding hydrogens is 322 g/mol. The maximum Gasteiger partial charge on any atom is 0.256 e. The number of benzene rings is 3. The highest BCUT2D eigenvalue weighted by molar-refractivity contribution is 5.85. The number of hydrogen-bond acceptors (Lipinski definition) is 3. The molecule has 4 rings (SSSR count). The minimum absolute atomic E-state index is 0.0350. The zero-order chi connectivity index (χ0) is 17.8. The Morgan fingerprint density at radius 3 is 1.96 bits per heavy atom. The molecule has 0 bridgehead atoms. The van der Waals surface area contributed by atoms with Crippen molar-refractivity contribution in [2.45, 2.75) is 19.0 Å². The van der Waals surface area contributed by atoms with Gasteiger partial charge in [-0.15, -0.1) is 0 Å². The third-order valence-electron chi connectivity index (χ3n) is 4.65. The lowest BCUT2D eigenvalue weighted by atomic mass is 9.95. The van der Waals surface area contributed by atoms with E-state index >= 15 is 0 Å². The molecule has 1 heterocycles. The molecule has 0 radical (unpaired) electrons. The monoisotopic (exact) mass is 343 g/mol. The van der Waals surface area contributed by atoms with Crippen LogP contribution in [-0.2, 0) is 17.8 Å². The molecule has 0 spiro atoms. The molecule has 1 aliphatic rings. The molecule has 26 heavy (non-hydrogen) atoms. The van der Waals surface area contributed by atoms with Crippen LogP contribution in [-0.4, -0.2) is 11.9 Å². The van der Waals surface area contributed by atoms with Crippen molar-refractivity contribution in [2.75, 3.05) is 5.01 Å². The molecule has 1 amide bonds. The predicted octanol–water partition coefficient (Wildman–Crippen LogP) is 3.57. The summed E-state index contributed by atoms with van der Waals surface area (Å²) in [6.45, 7) is 0.713. The van der Waals surface area contributed by atoms with Gasteiger partial charge in [0, 0.05) is 6.54 Å². The summed E-state index contributed by atoms with van der Waals surface area (Å²) in [7, 11) is 0. The van der Waals surface area contributed by atoms with Crippen LogP contribution in [0.1, 0.15) is 11.1 Å². The lowest BCUT2D eigenvalue weighted by Crippen LogP contribution is -2.52. The van der Waals surface area contributed by atoms with Crippen LogP contribution in [0.2, 0.25) is 0 Å². The standard InChI is InChI=1S/C22H21N3O/c26-22(21-15-17-9-7-8-10-18(17)16-23-21)24-25(19-11-3-1-4-12-19)20-13-5-2-6-14-20/h1-14,21,23H,15-16H2,(H,24,26). The zero-order valence-corrected chi connectivity index (χ0v) is 14.4. The van der Waals surface area contributed by atoms with Gasteiger partial charge in [-0.3, -0.25) is 15.2 Å². The van der Waals surface area contributed by atoms with E-state index in [1.807, 2.05) is 77.8 Å². The van der Waals surface area contributed by atoms with Crippen LogP contribution in [0, 0.1) is 0 Å². The van der Waals surface area contributed by atoms with E-state index in [9.17, 15) is 4.79 Å². The summed E-state index contributed by atoms with van der Waals surface area (Å²) in [6.07, 6.45) is 0.694. The largest absolute Gasteiger partial charge is 0.301 e. The van der Waals surface area contributed by atoms with E-state index in [2.05, 4.69) is 22.9 Å². The summed E-state index contributed by atoms with van der Waals surface area (Å²) >= 11 is 0. The van der Waals surface area contributed by atoms with Crippen molar-refractivity contribution in [3.05, 3.63) is 96.1 Å². The normalized spacial score (nSPS) is 15.8. The number of para-hydroxylation sites is 2. The third-order valence-corrected chi connectivity index (χ3v) is 4.65. The minimum atomic E-state index is -0.250. The molecule has 1 aliphatic heterocycles. The molecule has 3 aromatic carbocycles. The fraction of sp³-hybridized carbons (Fsp3) is 0.136. The quantitative estimate of drug-likeness (QED) is 0.712. The number of amides is 1. The number of nitrogens with one attached hydrogen (secondary N) is 2. The van der Waals surface area contributed by atoms with E-state index in [0.717, 1.165) is 11.4 Å². The highest BCUT2D eigenvalue weighted by Crippen LogP contribution is 2.23. The van der Waals surface area contributed by atoms with Crippen molar-refractivity contribution in [1.82, 2.24) is 10.7 Å². The van der Waals surface area contributed by atoms with Gasteiger partial charge in [-0.25, -0.2) is 0 Å².